The SMILES string of the molecule is O=C(Cc1csc(-n2cccc2)n1)NC1CCCCC1. The number of hydrogen-bond acceptors (Lipinski definition) is 3. The van der Waals surface area contributed by atoms with Crippen LogP contribution in [0.25, 0.3) is 5.13 Å². The Morgan fingerprint density at radius 2 is 2.05 bits per heavy atom. The molecule has 0 aromatic carbocycles. The second kappa shape index (κ2) is 6.22. The molecule has 0 atom stereocenters. The molecule has 20 heavy (non-hydrogen) atoms. The quantitative estimate of drug-likeness (QED) is 0.940. The molecule has 2 aromatic heterocycles. The summed E-state index contributed by atoms with van der Waals surface area (Å²) in [5.74, 6) is 0.0984. The van der Waals surface area contributed by atoms with Crippen molar-refractivity contribution in [1.82, 2.24) is 14.9 Å². The Hall–Kier alpha value is -1.62. The number of nitrogens with one attached hydrogen (secondary N) is 1. The molecule has 1 N–H and O–H groups in total. The fourth-order valence-corrected chi connectivity index (χ4v) is 3.44. The summed E-state index contributed by atoms with van der Waals surface area (Å²) in [6.45, 7) is 0. The molecule has 0 saturated heterocycles. The molecule has 1 fully saturated rings. The van der Waals surface area contributed by atoms with Crippen molar-refractivity contribution in [2.75, 3.05) is 0 Å². The highest BCUT2D eigenvalue weighted by Gasteiger charge is 2.16. The van der Waals surface area contributed by atoms with Gasteiger partial charge in [-0.3, -0.25) is 4.79 Å². The number of carbonyl (C=O) groups is 1. The number of aromatic nitrogens is 2. The summed E-state index contributed by atoms with van der Waals surface area (Å²) in [7, 11) is 0. The Kier molecular flexibility index (Phi) is 4.16. The van der Waals surface area contributed by atoms with Gasteiger partial charge in [-0.2, -0.15) is 0 Å². The van der Waals surface area contributed by atoms with Gasteiger partial charge in [-0.1, -0.05) is 19.3 Å². The molecular formula is C15H19N3OS. The average Bonchev–Trinajstić information content (AvgIpc) is 3.10. The monoisotopic (exact) mass is 289 g/mol. The first-order valence-corrected chi connectivity index (χ1v) is 8.06. The lowest BCUT2D eigenvalue weighted by Crippen LogP contribution is -2.37. The third kappa shape index (κ3) is 3.28. The first kappa shape index (κ1) is 13.4. The van der Waals surface area contributed by atoms with Crippen LogP contribution in [-0.2, 0) is 11.2 Å². The van der Waals surface area contributed by atoms with Gasteiger partial charge in [0.2, 0.25) is 5.91 Å². The second-order valence-corrected chi connectivity index (χ2v) is 6.13. The van der Waals surface area contributed by atoms with Gasteiger partial charge in [-0.15, -0.1) is 11.3 Å². The fourth-order valence-electron chi connectivity index (χ4n) is 2.65. The summed E-state index contributed by atoms with van der Waals surface area (Å²) in [5, 5.41) is 6.01. The molecule has 5 heteroatoms. The normalized spacial score (nSPS) is 16.2. The smallest absolute Gasteiger partial charge is 0.226 e. The van der Waals surface area contributed by atoms with Crippen molar-refractivity contribution in [2.24, 2.45) is 0 Å². The second-order valence-electron chi connectivity index (χ2n) is 5.29. The van der Waals surface area contributed by atoms with Gasteiger partial charge in [-0.05, 0) is 25.0 Å². The molecule has 0 radical (unpaired) electrons. The van der Waals surface area contributed by atoms with Crippen LogP contribution in [0.4, 0.5) is 0 Å². The molecule has 1 aliphatic rings. The Morgan fingerprint density at radius 1 is 1.30 bits per heavy atom. The van der Waals surface area contributed by atoms with Crippen molar-refractivity contribution in [3.05, 3.63) is 35.6 Å². The van der Waals surface area contributed by atoms with E-state index in [9.17, 15) is 4.79 Å². The molecule has 0 unspecified atom stereocenters. The molecule has 0 spiro atoms. The summed E-state index contributed by atoms with van der Waals surface area (Å²) < 4.78 is 1.97. The first-order valence-electron chi connectivity index (χ1n) is 7.18. The standard InChI is InChI=1S/C15H19N3OS/c19-14(16-12-6-2-1-3-7-12)10-13-11-20-15(17-13)18-8-4-5-9-18/h4-5,8-9,11-12H,1-3,6-7,10H2,(H,16,19). The van der Waals surface area contributed by atoms with Crippen LogP contribution in [0.5, 0.6) is 0 Å². The molecule has 106 valence electrons. The molecule has 2 heterocycles. The van der Waals surface area contributed by atoms with Gasteiger partial charge >= 0.3 is 0 Å². The zero-order valence-corrected chi connectivity index (χ0v) is 12.2. The third-order valence-electron chi connectivity index (χ3n) is 3.68. The van der Waals surface area contributed by atoms with Crippen molar-refractivity contribution in [3.8, 4) is 5.13 Å². The summed E-state index contributed by atoms with van der Waals surface area (Å²) in [6.07, 6.45) is 10.3. The van der Waals surface area contributed by atoms with Crippen LogP contribution in [0.2, 0.25) is 0 Å². The minimum absolute atomic E-state index is 0.0984. The van der Waals surface area contributed by atoms with Crippen LogP contribution < -0.4 is 5.32 Å². The van der Waals surface area contributed by atoms with Gasteiger partial charge in [0.1, 0.15) is 0 Å². The van der Waals surface area contributed by atoms with Gasteiger partial charge in [0, 0.05) is 23.8 Å². The van der Waals surface area contributed by atoms with Crippen molar-refractivity contribution >= 4 is 17.2 Å². The molecule has 4 nitrogen and oxygen atoms in total. The largest absolute Gasteiger partial charge is 0.353 e. The Balaban J connectivity index is 1.56. The topological polar surface area (TPSA) is 46.9 Å². The zero-order chi connectivity index (χ0) is 13.8. The van der Waals surface area contributed by atoms with Crippen molar-refractivity contribution in [1.29, 1.82) is 0 Å². The van der Waals surface area contributed by atoms with E-state index in [1.807, 2.05) is 34.5 Å². The number of rotatable bonds is 4. The molecule has 0 aliphatic heterocycles. The van der Waals surface area contributed by atoms with Crippen LogP contribution in [-0.4, -0.2) is 21.5 Å². The van der Waals surface area contributed by atoms with Crippen LogP contribution in [0, 0.1) is 0 Å². The van der Waals surface area contributed by atoms with Crippen molar-refractivity contribution < 1.29 is 4.79 Å². The first-order chi connectivity index (χ1) is 9.81. The van der Waals surface area contributed by atoms with Crippen molar-refractivity contribution in [2.45, 2.75) is 44.6 Å². The minimum Gasteiger partial charge on any atom is -0.353 e. The Morgan fingerprint density at radius 3 is 2.80 bits per heavy atom. The third-order valence-corrected chi connectivity index (χ3v) is 4.58. The number of thiazole rings is 1. The van der Waals surface area contributed by atoms with E-state index < -0.39 is 0 Å². The van der Waals surface area contributed by atoms with E-state index in [0.717, 1.165) is 23.7 Å². The molecule has 2 aromatic rings. The molecule has 1 saturated carbocycles. The van der Waals surface area contributed by atoms with Gasteiger partial charge in [0.15, 0.2) is 5.13 Å². The maximum atomic E-state index is 12.0. The summed E-state index contributed by atoms with van der Waals surface area (Å²) in [5.41, 5.74) is 0.854. The van der Waals surface area contributed by atoms with E-state index in [-0.39, 0.29) is 5.91 Å². The fraction of sp³-hybridized carbons (Fsp3) is 0.467. The maximum Gasteiger partial charge on any atom is 0.226 e. The maximum absolute atomic E-state index is 12.0. The van der Waals surface area contributed by atoms with Crippen LogP contribution in [0.1, 0.15) is 37.8 Å². The van der Waals surface area contributed by atoms with Crippen LogP contribution in [0.3, 0.4) is 0 Å². The van der Waals surface area contributed by atoms with E-state index in [1.165, 1.54) is 19.3 Å². The zero-order valence-electron chi connectivity index (χ0n) is 11.4. The summed E-state index contributed by atoms with van der Waals surface area (Å²) in [4.78, 5) is 16.5. The van der Waals surface area contributed by atoms with E-state index >= 15 is 0 Å². The number of carbonyl (C=O) groups excluding carboxylic acids is 1. The van der Waals surface area contributed by atoms with Crippen LogP contribution in [0.15, 0.2) is 29.9 Å². The van der Waals surface area contributed by atoms with Gasteiger partial charge < -0.3 is 9.88 Å². The van der Waals surface area contributed by atoms with E-state index in [0.29, 0.717) is 12.5 Å². The van der Waals surface area contributed by atoms with Gasteiger partial charge in [-0.25, -0.2) is 4.98 Å². The van der Waals surface area contributed by atoms with E-state index in [2.05, 4.69) is 10.3 Å². The highest BCUT2D eigenvalue weighted by molar-refractivity contribution is 7.12. The lowest BCUT2D eigenvalue weighted by atomic mass is 9.95. The Labute approximate surface area is 122 Å². The minimum atomic E-state index is 0.0984. The molecule has 1 aliphatic carbocycles. The molecule has 1 amide bonds. The number of hydrogen-bond donors (Lipinski definition) is 1. The average molecular weight is 289 g/mol. The van der Waals surface area contributed by atoms with Gasteiger partial charge in [0.05, 0.1) is 12.1 Å². The number of amides is 1. The van der Waals surface area contributed by atoms with Crippen molar-refractivity contribution in [3.63, 3.8) is 0 Å². The van der Waals surface area contributed by atoms with Crippen LogP contribution >= 0.6 is 11.3 Å². The molecule has 0 bridgehead atoms. The lowest BCUT2D eigenvalue weighted by Gasteiger charge is -2.22. The van der Waals surface area contributed by atoms with E-state index in [4.69, 9.17) is 0 Å². The highest BCUT2D eigenvalue weighted by Crippen LogP contribution is 2.18. The molecule has 3 rings (SSSR count). The number of nitrogens with zero attached hydrogens (tertiary/aromatic N) is 2. The predicted molar refractivity (Wildman–Crippen MR) is 80.2 cm³/mol. The highest BCUT2D eigenvalue weighted by atomic mass is 32.1. The summed E-state index contributed by atoms with van der Waals surface area (Å²) >= 11 is 1.57. The lowest BCUT2D eigenvalue weighted by molar-refractivity contribution is -0.121. The van der Waals surface area contributed by atoms with E-state index in [1.54, 1.807) is 11.3 Å². The summed E-state index contributed by atoms with van der Waals surface area (Å²) in [6, 6.07) is 4.31. The molecular weight excluding hydrogens is 270 g/mol. The van der Waals surface area contributed by atoms with Gasteiger partial charge in [0.25, 0.3) is 0 Å². The Bertz CT molecular complexity index is 555. The predicted octanol–water partition coefficient (Wildman–Crippen LogP) is 2.93.